The van der Waals surface area contributed by atoms with Crippen molar-refractivity contribution in [3.05, 3.63) is 52.3 Å². The Balaban J connectivity index is 2.10. The minimum absolute atomic E-state index is 0.630. The summed E-state index contributed by atoms with van der Waals surface area (Å²) >= 11 is 3.50. The molecule has 4 heteroatoms. The molecule has 1 heterocycles. The van der Waals surface area contributed by atoms with Crippen LogP contribution in [0.15, 0.2) is 41.1 Å². The molecule has 0 saturated carbocycles. The quantitative estimate of drug-likeness (QED) is 0.822. The molecule has 0 aliphatic heterocycles. The summed E-state index contributed by atoms with van der Waals surface area (Å²) in [6.45, 7) is 8.21. The van der Waals surface area contributed by atoms with Gasteiger partial charge in [0.25, 0.3) is 0 Å². The van der Waals surface area contributed by atoms with Crippen LogP contribution in [0, 0.1) is 12.8 Å². The van der Waals surface area contributed by atoms with E-state index in [2.05, 4.69) is 40.1 Å². The zero-order chi connectivity index (χ0) is 15.2. The third-order valence-corrected chi connectivity index (χ3v) is 3.99. The molecule has 3 nitrogen and oxygen atoms in total. The number of aromatic nitrogens is 1. The molecule has 0 spiro atoms. The first-order valence-corrected chi connectivity index (χ1v) is 7.93. The van der Waals surface area contributed by atoms with E-state index in [0.29, 0.717) is 5.92 Å². The number of nitrogens with zero attached hydrogens (tertiary/aromatic N) is 1. The summed E-state index contributed by atoms with van der Waals surface area (Å²) in [7, 11) is 0. The van der Waals surface area contributed by atoms with Gasteiger partial charge in [0.2, 0.25) is 0 Å². The van der Waals surface area contributed by atoms with Crippen molar-refractivity contribution in [1.82, 2.24) is 10.3 Å². The first kappa shape index (κ1) is 16.0. The lowest BCUT2D eigenvalue weighted by atomic mass is 10.2. The molecule has 0 unspecified atom stereocenters. The molecule has 2 aromatic rings. The SMILES string of the molecule is Cc1cc(Oc2cnccc2CNCC(C)C)ccc1Br. The maximum atomic E-state index is 5.98. The van der Waals surface area contributed by atoms with Gasteiger partial charge in [-0.3, -0.25) is 4.98 Å². The van der Waals surface area contributed by atoms with Crippen molar-refractivity contribution in [1.29, 1.82) is 0 Å². The molecule has 0 fully saturated rings. The summed E-state index contributed by atoms with van der Waals surface area (Å²) in [5.74, 6) is 2.26. The second kappa shape index (κ2) is 7.57. The van der Waals surface area contributed by atoms with Crippen LogP contribution in [-0.2, 0) is 6.54 Å². The van der Waals surface area contributed by atoms with Gasteiger partial charge in [-0.15, -0.1) is 0 Å². The highest BCUT2D eigenvalue weighted by molar-refractivity contribution is 9.10. The number of nitrogens with one attached hydrogen (secondary N) is 1. The third kappa shape index (κ3) is 4.83. The summed E-state index contributed by atoms with van der Waals surface area (Å²) in [5.41, 5.74) is 2.27. The van der Waals surface area contributed by atoms with Gasteiger partial charge in [-0.2, -0.15) is 0 Å². The Morgan fingerprint density at radius 1 is 1.29 bits per heavy atom. The lowest BCUT2D eigenvalue weighted by Gasteiger charge is -2.13. The minimum Gasteiger partial charge on any atom is -0.455 e. The maximum absolute atomic E-state index is 5.98. The van der Waals surface area contributed by atoms with Crippen molar-refractivity contribution in [3.63, 3.8) is 0 Å². The maximum Gasteiger partial charge on any atom is 0.150 e. The Hall–Kier alpha value is -1.39. The van der Waals surface area contributed by atoms with Gasteiger partial charge in [-0.1, -0.05) is 29.8 Å². The molecule has 21 heavy (non-hydrogen) atoms. The molecule has 0 aliphatic rings. The molecular weight excluding hydrogens is 328 g/mol. The molecule has 112 valence electrons. The van der Waals surface area contributed by atoms with Crippen molar-refractivity contribution < 1.29 is 4.74 Å². The molecule has 0 atom stereocenters. The van der Waals surface area contributed by atoms with Crippen LogP contribution in [0.4, 0.5) is 0 Å². The molecule has 0 aliphatic carbocycles. The Morgan fingerprint density at radius 2 is 2.10 bits per heavy atom. The van der Waals surface area contributed by atoms with Gasteiger partial charge in [0.1, 0.15) is 11.5 Å². The normalized spacial score (nSPS) is 10.9. The zero-order valence-corrected chi connectivity index (χ0v) is 14.3. The van der Waals surface area contributed by atoms with Crippen molar-refractivity contribution >= 4 is 15.9 Å². The van der Waals surface area contributed by atoms with Crippen LogP contribution < -0.4 is 10.1 Å². The lowest BCUT2D eigenvalue weighted by Crippen LogP contribution is -2.19. The zero-order valence-electron chi connectivity index (χ0n) is 12.7. The molecule has 0 amide bonds. The average molecular weight is 349 g/mol. The van der Waals surface area contributed by atoms with E-state index in [1.165, 1.54) is 0 Å². The Kier molecular flexibility index (Phi) is 5.76. The van der Waals surface area contributed by atoms with Gasteiger partial charge in [0, 0.05) is 22.8 Å². The highest BCUT2D eigenvalue weighted by Gasteiger charge is 2.06. The second-order valence-electron chi connectivity index (χ2n) is 5.52. The van der Waals surface area contributed by atoms with Gasteiger partial charge in [-0.25, -0.2) is 0 Å². The standard InChI is InChI=1S/C17H21BrN2O/c1-12(2)9-20-10-14-6-7-19-11-17(14)21-15-4-5-16(18)13(3)8-15/h4-8,11-12,20H,9-10H2,1-3H3. The van der Waals surface area contributed by atoms with Crippen LogP contribution in [0.5, 0.6) is 11.5 Å². The average Bonchev–Trinajstić information content (AvgIpc) is 2.44. The van der Waals surface area contributed by atoms with E-state index >= 15 is 0 Å². The molecular formula is C17H21BrN2O. The lowest BCUT2D eigenvalue weighted by molar-refractivity contribution is 0.466. The fraction of sp³-hybridized carbons (Fsp3) is 0.353. The highest BCUT2D eigenvalue weighted by Crippen LogP contribution is 2.27. The predicted molar refractivity (Wildman–Crippen MR) is 89.7 cm³/mol. The largest absolute Gasteiger partial charge is 0.455 e. The van der Waals surface area contributed by atoms with E-state index in [4.69, 9.17) is 4.74 Å². The topological polar surface area (TPSA) is 34.1 Å². The summed E-state index contributed by atoms with van der Waals surface area (Å²) in [6.07, 6.45) is 3.57. The Labute approximate surface area is 134 Å². The van der Waals surface area contributed by atoms with Crippen molar-refractivity contribution in [2.75, 3.05) is 6.54 Å². The summed E-state index contributed by atoms with van der Waals surface area (Å²) < 4.78 is 7.06. The number of halogens is 1. The van der Waals surface area contributed by atoms with E-state index in [0.717, 1.165) is 40.2 Å². The highest BCUT2D eigenvalue weighted by atomic mass is 79.9. The Morgan fingerprint density at radius 3 is 2.81 bits per heavy atom. The van der Waals surface area contributed by atoms with Crippen LogP contribution in [-0.4, -0.2) is 11.5 Å². The molecule has 0 saturated heterocycles. The molecule has 0 bridgehead atoms. The predicted octanol–water partition coefficient (Wildman–Crippen LogP) is 4.69. The summed E-state index contributed by atoms with van der Waals surface area (Å²) in [5, 5.41) is 3.43. The van der Waals surface area contributed by atoms with Gasteiger partial charge in [0.15, 0.2) is 0 Å². The molecule has 1 N–H and O–H groups in total. The van der Waals surface area contributed by atoms with Crippen molar-refractivity contribution in [2.45, 2.75) is 27.3 Å². The number of hydrogen-bond acceptors (Lipinski definition) is 3. The summed E-state index contributed by atoms with van der Waals surface area (Å²) in [6, 6.07) is 7.96. The fourth-order valence-corrected chi connectivity index (χ4v) is 2.20. The van der Waals surface area contributed by atoms with E-state index in [1.807, 2.05) is 31.2 Å². The van der Waals surface area contributed by atoms with E-state index in [1.54, 1.807) is 12.4 Å². The monoisotopic (exact) mass is 348 g/mol. The van der Waals surface area contributed by atoms with Crippen LogP contribution in [0.2, 0.25) is 0 Å². The van der Waals surface area contributed by atoms with Gasteiger partial charge in [-0.05, 0) is 49.2 Å². The third-order valence-electron chi connectivity index (χ3n) is 3.10. The fourth-order valence-electron chi connectivity index (χ4n) is 1.95. The minimum atomic E-state index is 0.630. The smallest absolute Gasteiger partial charge is 0.150 e. The van der Waals surface area contributed by atoms with E-state index in [-0.39, 0.29) is 0 Å². The molecule has 2 rings (SSSR count). The van der Waals surface area contributed by atoms with E-state index < -0.39 is 0 Å². The number of pyridine rings is 1. The number of aryl methyl sites for hydroxylation is 1. The Bertz CT molecular complexity index is 599. The molecule has 0 radical (unpaired) electrons. The van der Waals surface area contributed by atoms with Crippen molar-refractivity contribution in [2.24, 2.45) is 5.92 Å². The second-order valence-corrected chi connectivity index (χ2v) is 6.38. The van der Waals surface area contributed by atoms with Crippen LogP contribution in [0.1, 0.15) is 25.0 Å². The van der Waals surface area contributed by atoms with Crippen molar-refractivity contribution in [3.8, 4) is 11.5 Å². The number of hydrogen-bond donors (Lipinski definition) is 1. The van der Waals surface area contributed by atoms with Crippen LogP contribution >= 0.6 is 15.9 Å². The number of benzene rings is 1. The first-order valence-electron chi connectivity index (χ1n) is 7.14. The van der Waals surface area contributed by atoms with Gasteiger partial charge < -0.3 is 10.1 Å². The first-order chi connectivity index (χ1) is 10.1. The number of rotatable bonds is 6. The summed E-state index contributed by atoms with van der Waals surface area (Å²) in [4.78, 5) is 4.16. The van der Waals surface area contributed by atoms with Gasteiger partial charge >= 0.3 is 0 Å². The molecule has 1 aromatic carbocycles. The van der Waals surface area contributed by atoms with Crippen LogP contribution in [0.25, 0.3) is 0 Å². The van der Waals surface area contributed by atoms with Crippen LogP contribution in [0.3, 0.4) is 0 Å². The van der Waals surface area contributed by atoms with Gasteiger partial charge in [0.05, 0.1) is 6.20 Å². The number of ether oxygens (including phenoxy) is 1. The van der Waals surface area contributed by atoms with E-state index in [9.17, 15) is 0 Å². The molecule has 1 aromatic heterocycles.